The molecule has 7 nitrogen and oxygen atoms in total. The number of nitrogens with zero attached hydrogens (tertiary/aromatic N) is 2. The van der Waals surface area contributed by atoms with Gasteiger partial charge in [0, 0.05) is 34.3 Å². The van der Waals surface area contributed by atoms with Gasteiger partial charge in [0.25, 0.3) is 11.6 Å². The topological polar surface area (TPSA) is 97.6 Å². The Hall–Kier alpha value is -1.87. The Balaban J connectivity index is 1.99. The number of rotatable bonds is 5. The lowest BCUT2D eigenvalue weighted by atomic mass is 10.1. The summed E-state index contributed by atoms with van der Waals surface area (Å²) in [6.07, 6.45) is 0.273. The van der Waals surface area contributed by atoms with E-state index in [1.54, 1.807) is 12.1 Å². The van der Waals surface area contributed by atoms with Gasteiger partial charge in [-0.3, -0.25) is 14.9 Å². The van der Waals surface area contributed by atoms with Crippen LogP contribution in [0.15, 0.2) is 36.4 Å². The van der Waals surface area contributed by atoms with Crippen LogP contribution in [-0.2, 0) is 16.4 Å². The Morgan fingerprint density at radius 1 is 1.14 bits per heavy atom. The van der Waals surface area contributed by atoms with Gasteiger partial charge in [0.05, 0.1) is 16.4 Å². The van der Waals surface area contributed by atoms with Crippen molar-refractivity contribution in [2.45, 2.75) is 19.0 Å². The van der Waals surface area contributed by atoms with Crippen molar-refractivity contribution in [2.24, 2.45) is 0 Å². The van der Waals surface area contributed by atoms with Crippen molar-refractivity contribution in [1.29, 1.82) is 0 Å². The van der Waals surface area contributed by atoms with Gasteiger partial charge in [0.15, 0.2) is 9.84 Å². The summed E-state index contributed by atoms with van der Waals surface area (Å²) >= 11 is 18.0. The van der Waals surface area contributed by atoms with E-state index in [0.717, 1.165) is 6.07 Å². The van der Waals surface area contributed by atoms with Crippen molar-refractivity contribution in [2.75, 3.05) is 11.5 Å². The van der Waals surface area contributed by atoms with Crippen molar-refractivity contribution in [1.82, 2.24) is 4.90 Å². The fraction of sp³-hybridized carbons (Fsp3) is 0.278. The number of nitro groups is 1. The predicted octanol–water partition coefficient (Wildman–Crippen LogP) is 4.38. The standard InChI is InChI=1S/C18H15Cl3N2O5S/c19-13-3-1-12(16(21)8-13)9-22(14-5-6-29(27,28)10-14)18(24)11-2-4-15(20)17(7-11)23(25)26/h1-4,7-8,14H,5-6,9-10H2. The Labute approximate surface area is 182 Å². The SMILES string of the molecule is O=C(c1ccc(Cl)c([N+](=O)[O-])c1)N(Cc1ccc(Cl)cc1Cl)C1CCS(=O)(=O)C1. The van der Waals surface area contributed by atoms with E-state index < -0.39 is 32.4 Å². The van der Waals surface area contributed by atoms with Gasteiger partial charge in [-0.25, -0.2) is 8.42 Å². The molecule has 1 unspecified atom stereocenters. The van der Waals surface area contributed by atoms with Crippen LogP contribution in [0.3, 0.4) is 0 Å². The van der Waals surface area contributed by atoms with Crippen molar-refractivity contribution in [3.8, 4) is 0 Å². The molecule has 0 spiro atoms. The maximum atomic E-state index is 13.2. The smallest absolute Gasteiger partial charge is 0.288 e. The third kappa shape index (κ3) is 5.01. The number of halogens is 3. The number of hydrogen-bond donors (Lipinski definition) is 0. The molecule has 1 amide bonds. The molecule has 0 radical (unpaired) electrons. The molecule has 0 aliphatic carbocycles. The minimum absolute atomic E-state index is 0.0312. The molecule has 1 atom stereocenters. The summed E-state index contributed by atoms with van der Waals surface area (Å²) in [5, 5.41) is 11.8. The third-order valence-corrected chi connectivity index (χ3v) is 7.31. The van der Waals surface area contributed by atoms with E-state index in [0.29, 0.717) is 15.6 Å². The minimum Gasteiger partial charge on any atom is -0.330 e. The van der Waals surface area contributed by atoms with E-state index in [9.17, 15) is 23.3 Å². The second-order valence-electron chi connectivity index (χ2n) is 6.65. The Kier molecular flexibility index (Phi) is 6.38. The molecule has 3 rings (SSSR count). The van der Waals surface area contributed by atoms with E-state index in [1.807, 2.05) is 0 Å². The van der Waals surface area contributed by atoms with Gasteiger partial charge in [-0.05, 0) is 36.2 Å². The predicted molar refractivity (Wildman–Crippen MR) is 112 cm³/mol. The van der Waals surface area contributed by atoms with Crippen molar-refractivity contribution < 1.29 is 18.1 Å². The van der Waals surface area contributed by atoms with Crippen LogP contribution in [0, 0.1) is 10.1 Å². The molecule has 1 heterocycles. The number of carbonyl (C=O) groups excluding carboxylic acids is 1. The first-order chi connectivity index (χ1) is 13.6. The van der Waals surface area contributed by atoms with Crippen molar-refractivity contribution >= 4 is 56.2 Å². The van der Waals surface area contributed by atoms with Gasteiger partial charge in [0.1, 0.15) is 5.02 Å². The summed E-state index contributed by atoms with van der Waals surface area (Å²) in [6.45, 7) is 0.0332. The molecule has 0 saturated carbocycles. The molecule has 1 saturated heterocycles. The number of hydrogen-bond acceptors (Lipinski definition) is 5. The second kappa shape index (κ2) is 8.47. The third-order valence-electron chi connectivity index (χ3n) is 4.66. The average molecular weight is 478 g/mol. The van der Waals surface area contributed by atoms with Crippen LogP contribution >= 0.6 is 34.8 Å². The van der Waals surface area contributed by atoms with E-state index in [4.69, 9.17) is 34.8 Å². The summed E-state index contributed by atoms with van der Waals surface area (Å²) in [5.41, 5.74) is 0.216. The van der Waals surface area contributed by atoms with Crippen LogP contribution in [0.4, 0.5) is 5.69 Å². The zero-order valence-corrected chi connectivity index (χ0v) is 17.9. The number of nitro benzene ring substituents is 1. The van der Waals surface area contributed by atoms with Crippen LogP contribution in [0.2, 0.25) is 15.1 Å². The van der Waals surface area contributed by atoms with E-state index in [1.165, 1.54) is 23.1 Å². The normalized spacial score (nSPS) is 17.8. The van der Waals surface area contributed by atoms with Crippen LogP contribution in [0.5, 0.6) is 0 Å². The summed E-state index contributed by atoms with van der Waals surface area (Å²) in [5.74, 6) is -0.756. The zero-order valence-electron chi connectivity index (χ0n) is 14.8. The fourth-order valence-electron chi connectivity index (χ4n) is 3.17. The van der Waals surface area contributed by atoms with Gasteiger partial charge < -0.3 is 4.90 Å². The molecule has 1 aliphatic heterocycles. The summed E-state index contributed by atoms with van der Waals surface area (Å²) < 4.78 is 23.9. The molecule has 2 aromatic carbocycles. The molecule has 29 heavy (non-hydrogen) atoms. The summed E-state index contributed by atoms with van der Waals surface area (Å²) in [7, 11) is -3.27. The number of amides is 1. The lowest BCUT2D eigenvalue weighted by molar-refractivity contribution is -0.384. The monoisotopic (exact) mass is 476 g/mol. The quantitative estimate of drug-likeness (QED) is 0.470. The highest BCUT2D eigenvalue weighted by molar-refractivity contribution is 7.91. The van der Waals surface area contributed by atoms with Crippen LogP contribution in [0.1, 0.15) is 22.3 Å². The number of sulfone groups is 1. The maximum Gasteiger partial charge on any atom is 0.288 e. The zero-order chi connectivity index (χ0) is 21.3. The molecule has 0 bridgehead atoms. The van der Waals surface area contributed by atoms with Gasteiger partial charge in [-0.1, -0.05) is 40.9 Å². The fourth-order valence-corrected chi connectivity index (χ4v) is 5.56. The first kappa shape index (κ1) is 21.8. The lowest BCUT2D eigenvalue weighted by Crippen LogP contribution is -2.40. The molecule has 11 heteroatoms. The summed E-state index contributed by atoms with van der Waals surface area (Å²) in [4.78, 5) is 25.1. The first-order valence-corrected chi connectivity index (χ1v) is 11.4. The highest BCUT2D eigenvalue weighted by Gasteiger charge is 2.35. The van der Waals surface area contributed by atoms with Gasteiger partial charge in [-0.15, -0.1) is 0 Å². The van der Waals surface area contributed by atoms with Gasteiger partial charge in [0.2, 0.25) is 0 Å². The Bertz CT molecular complexity index is 1090. The van der Waals surface area contributed by atoms with E-state index in [-0.39, 0.29) is 35.1 Å². The van der Waals surface area contributed by atoms with Crippen molar-refractivity contribution in [3.63, 3.8) is 0 Å². The summed E-state index contributed by atoms with van der Waals surface area (Å²) in [6, 6.07) is 7.95. The van der Waals surface area contributed by atoms with Crippen LogP contribution in [-0.4, -0.2) is 41.7 Å². The Morgan fingerprint density at radius 3 is 2.45 bits per heavy atom. The maximum absolute atomic E-state index is 13.2. The Morgan fingerprint density at radius 2 is 1.86 bits per heavy atom. The first-order valence-electron chi connectivity index (χ1n) is 8.46. The van der Waals surface area contributed by atoms with Crippen LogP contribution in [0.25, 0.3) is 0 Å². The molecule has 1 aliphatic rings. The number of carbonyl (C=O) groups is 1. The highest BCUT2D eigenvalue weighted by Crippen LogP contribution is 2.29. The highest BCUT2D eigenvalue weighted by atomic mass is 35.5. The lowest BCUT2D eigenvalue weighted by Gasteiger charge is -2.29. The van der Waals surface area contributed by atoms with Crippen molar-refractivity contribution in [3.05, 3.63) is 72.7 Å². The average Bonchev–Trinajstić information content (AvgIpc) is 3.00. The molecule has 0 N–H and O–H groups in total. The second-order valence-corrected chi connectivity index (χ2v) is 10.1. The van der Waals surface area contributed by atoms with Gasteiger partial charge in [-0.2, -0.15) is 0 Å². The molecule has 2 aromatic rings. The largest absolute Gasteiger partial charge is 0.330 e. The number of benzene rings is 2. The molecule has 154 valence electrons. The minimum atomic E-state index is -3.27. The molecule has 1 fully saturated rings. The molecular formula is C18H15Cl3N2O5S. The van der Waals surface area contributed by atoms with E-state index in [2.05, 4.69) is 0 Å². The van der Waals surface area contributed by atoms with Crippen LogP contribution < -0.4 is 0 Å². The molecule has 0 aromatic heterocycles. The van der Waals surface area contributed by atoms with Gasteiger partial charge >= 0.3 is 0 Å². The molecular weight excluding hydrogens is 463 g/mol. The van der Waals surface area contributed by atoms with E-state index >= 15 is 0 Å².